The van der Waals surface area contributed by atoms with E-state index in [-0.39, 0.29) is 36.8 Å². The van der Waals surface area contributed by atoms with Crippen LogP contribution in [0.3, 0.4) is 0 Å². The van der Waals surface area contributed by atoms with Crippen LogP contribution < -0.4 is 16.5 Å². The molecule has 198 valence electrons. The van der Waals surface area contributed by atoms with E-state index in [2.05, 4.69) is 5.43 Å². The first-order valence-electron chi connectivity index (χ1n) is 11.0. The molecule has 4 N–H and O–H groups in total. The van der Waals surface area contributed by atoms with Crippen LogP contribution in [0.1, 0.15) is 41.0 Å². The van der Waals surface area contributed by atoms with Crippen molar-refractivity contribution < 1.29 is 37.1 Å². The van der Waals surface area contributed by atoms with E-state index in [1.54, 1.807) is 5.32 Å². The smallest absolute Gasteiger partial charge is 0.370 e. The Morgan fingerprint density at radius 3 is 2.20 bits per heavy atom. The molecule has 4 atom stereocenters. The summed E-state index contributed by atoms with van der Waals surface area (Å²) in [5.41, 5.74) is 6.05. The van der Waals surface area contributed by atoms with Gasteiger partial charge in [0.05, 0.1) is 6.54 Å². The van der Waals surface area contributed by atoms with Crippen molar-refractivity contribution >= 4 is 41.1 Å². The second-order valence-corrected chi connectivity index (χ2v) is 10.8. The van der Waals surface area contributed by atoms with E-state index in [0.29, 0.717) is 0 Å². The van der Waals surface area contributed by atoms with Crippen molar-refractivity contribution in [1.29, 1.82) is 0 Å². The average Bonchev–Trinajstić information content (AvgIpc) is 3.06. The topological polar surface area (TPSA) is 142 Å². The van der Waals surface area contributed by atoms with Gasteiger partial charge in [0.1, 0.15) is 18.0 Å². The van der Waals surface area contributed by atoms with Gasteiger partial charge in [-0.15, -0.1) is 11.6 Å². The molecule has 1 heterocycles. The number of nitrogens with two attached hydrogens (primary N) is 1. The van der Waals surface area contributed by atoms with E-state index in [1.807, 2.05) is 13.8 Å². The van der Waals surface area contributed by atoms with E-state index in [1.165, 1.54) is 20.8 Å². The Morgan fingerprint density at radius 2 is 1.74 bits per heavy atom. The molecule has 0 spiro atoms. The Hall–Kier alpha value is -2.57. The number of carbonyl (C=O) groups excluding carboxylic acids is 5. The van der Waals surface area contributed by atoms with Crippen molar-refractivity contribution in [3.05, 3.63) is 0 Å². The molecule has 2 rings (SSSR count). The van der Waals surface area contributed by atoms with E-state index in [9.17, 15) is 37.1 Å². The summed E-state index contributed by atoms with van der Waals surface area (Å²) in [6, 6.07) is -2.68. The Bertz CT molecular complexity index is 905. The highest BCUT2D eigenvalue weighted by atomic mass is 35.5. The summed E-state index contributed by atoms with van der Waals surface area (Å²) in [6.45, 7) is 8.11. The molecular formula is C21H31ClF3N5O5. The molecule has 1 saturated carbocycles. The van der Waals surface area contributed by atoms with E-state index in [0.717, 1.165) is 9.91 Å². The van der Waals surface area contributed by atoms with Crippen molar-refractivity contribution in [2.45, 2.75) is 59.3 Å². The number of carbonyl (C=O) groups is 5. The van der Waals surface area contributed by atoms with Gasteiger partial charge in [-0.1, -0.05) is 34.6 Å². The van der Waals surface area contributed by atoms with Crippen LogP contribution >= 0.6 is 11.6 Å². The zero-order valence-electron chi connectivity index (χ0n) is 20.2. The number of nitrogens with zero attached hydrogens (tertiary/aromatic N) is 2. The number of hydrazine groups is 1. The molecule has 5 amide bonds. The highest BCUT2D eigenvalue weighted by molar-refractivity contribution is 6.27. The lowest BCUT2D eigenvalue weighted by atomic mass is 9.85. The summed E-state index contributed by atoms with van der Waals surface area (Å²) in [4.78, 5) is 62.8. The van der Waals surface area contributed by atoms with Gasteiger partial charge in [-0.3, -0.25) is 34.4 Å². The summed E-state index contributed by atoms with van der Waals surface area (Å²) >= 11 is 5.59. The summed E-state index contributed by atoms with van der Waals surface area (Å²) in [6.07, 6.45) is -5.46. The fourth-order valence-electron chi connectivity index (χ4n) is 4.58. The lowest BCUT2D eigenvalue weighted by Gasteiger charge is -2.38. The standard InChI is InChI=1S/C21H31ClF3N5O5/c1-19(2,3)15(27-18(35)21(23,24)25)17(34)29-9-10-13(20(10,4)5)14(29)16(33)28-30(12(32)8-22)7-6-11(26)31/h10,13-15H,6-9H2,1-5H3,(H2,26,31)(H,27,35)(H,28,33)/t10-,13-,14-,15?/m0/s1. The number of halogens is 4. The minimum Gasteiger partial charge on any atom is -0.370 e. The maximum atomic E-state index is 13.4. The van der Waals surface area contributed by atoms with Crippen molar-refractivity contribution in [2.24, 2.45) is 28.4 Å². The molecule has 0 aromatic rings. The second-order valence-electron chi connectivity index (χ2n) is 10.5. The van der Waals surface area contributed by atoms with Gasteiger partial charge in [0.15, 0.2) is 0 Å². The van der Waals surface area contributed by atoms with Crippen LogP contribution in [0.2, 0.25) is 0 Å². The van der Waals surface area contributed by atoms with Crippen LogP contribution in [0.5, 0.6) is 0 Å². The third kappa shape index (κ3) is 6.17. The Morgan fingerprint density at radius 1 is 1.17 bits per heavy atom. The summed E-state index contributed by atoms with van der Waals surface area (Å²) < 4.78 is 38.7. The van der Waals surface area contributed by atoms with Gasteiger partial charge in [-0.2, -0.15) is 13.2 Å². The zero-order valence-corrected chi connectivity index (χ0v) is 20.9. The maximum absolute atomic E-state index is 13.4. The first-order chi connectivity index (χ1) is 15.8. The predicted molar refractivity (Wildman–Crippen MR) is 118 cm³/mol. The number of likely N-dealkylation sites (tertiary alicyclic amines) is 1. The van der Waals surface area contributed by atoms with Gasteiger partial charge in [-0.25, -0.2) is 0 Å². The molecule has 0 radical (unpaired) electrons. The molecule has 0 bridgehead atoms. The fourth-order valence-corrected chi connectivity index (χ4v) is 4.72. The highest BCUT2D eigenvalue weighted by Crippen LogP contribution is 2.65. The molecule has 2 aliphatic rings. The quantitative estimate of drug-likeness (QED) is 0.328. The number of primary amides is 1. The number of rotatable bonds is 7. The second kappa shape index (κ2) is 9.82. The fraction of sp³-hybridized carbons (Fsp3) is 0.762. The minimum atomic E-state index is -5.20. The number of hydrogen-bond donors (Lipinski definition) is 3. The Balaban J connectivity index is 2.33. The average molecular weight is 526 g/mol. The maximum Gasteiger partial charge on any atom is 0.471 e. The van der Waals surface area contributed by atoms with Gasteiger partial charge in [0, 0.05) is 13.0 Å². The monoisotopic (exact) mass is 525 g/mol. The van der Waals surface area contributed by atoms with Crippen molar-refractivity contribution in [3.63, 3.8) is 0 Å². The van der Waals surface area contributed by atoms with Gasteiger partial charge < -0.3 is 16.0 Å². The number of piperidine rings is 1. The molecule has 0 aromatic heterocycles. The third-order valence-corrected chi connectivity index (χ3v) is 6.88. The number of alkyl halides is 4. The Kier molecular flexibility index (Phi) is 8.05. The Labute approximate surface area is 206 Å². The SMILES string of the molecule is CC(C)(C)C(NC(=O)C(F)(F)F)C(=O)N1C[C@H]2[C@@H]([C@H]1C(=O)NN(CCC(N)=O)C(=O)CCl)C2(C)C. The first kappa shape index (κ1) is 28.7. The molecule has 1 saturated heterocycles. The lowest BCUT2D eigenvalue weighted by molar-refractivity contribution is -0.176. The molecule has 1 aliphatic carbocycles. The highest BCUT2D eigenvalue weighted by Gasteiger charge is 2.70. The minimum absolute atomic E-state index is 0.0911. The van der Waals surface area contributed by atoms with Gasteiger partial charge in [0.2, 0.25) is 11.8 Å². The molecule has 1 aliphatic heterocycles. The van der Waals surface area contributed by atoms with Gasteiger partial charge >= 0.3 is 12.1 Å². The predicted octanol–water partition coefficient (Wildman–Crippen LogP) is 0.537. The molecule has 10 nitrogen and oxygen atoms in total. The summed E-state index contributed by atoms with van der Waals surface area (Å²) in [7, 11) is 0. The third-order valence-electron chi connectivity index (χ3n) is 6.65. The molecule has 2 fully saturated rings. The van der Waals surface area contributed by atoms with E-state index < -0.39 is 59.1 Å². The van der Waals surface area contributed by atoms with Crippen LogP contribution in [0, 0.1) is 22.7 Å². The van der Waals surface area contributed by atoms with Gasteiger partial charge in [-0.05, 0) is 22.7 Å². The van der Waals surface area contributed by atoms with Crippen LogP contribution in [-0.4, -0.2) is 76.7 Å². The van der Waals surface area contributed by atoms with Crippen LogP contribution in [0.15, 0.2) is 0 Å². The van der Waals surface area contributed by atoms with E-state index in [4.69, 9.17) is 17.3 Å². The van der Waals surface area contributed by atoms with Crippen molar-refractivity contribution in [3.8, 4) is 0 Å². The molecular weight excluding hydrogens is 495 g/mol. The molecule has 1 unspecified atom stereocenters. The zero-order chi connectivity index (χ0) is 27.1. The number of amides is 5. The van der Waals surface area contributed by atoms with Crippen LogP contribution in [0.25, 0.3) is 0 Å². The molecule has 14 heteroatoms. The van der Waals surface area contributed by atoms with Gasteiger partial charge in [0.25, 0.3) is 11.8 Å². The first-order valence-corrected chi connectivity index (χ1v) is 11.5. The van der Waals surface area contributed by atoms with Crippen LogP contribution in [0.4, 0.5) is 13.2 Å². The lowest BCUT2D eigenvalue weighted by Crippen LogP contribution is -2.62. The largest absolute Gasteiger partial charge is 0.471 e. The number of nitrogens with one attached hydrogen (secondary N) is 2. The summed E-state index contributed by atoms with van der Waals surface area (Å²) in [5.74, 6) is -6.23. The number of hydrogen-bond acceptors (Lipinski definition) is 5. The molecule has 0 aromatic carbocycles. The van der Waals surface area contributed by atoms with Crippen LogP contribution in [-0.2, 0) is 24.0 Å². The molecule has 35 heavy (non-hydrogen) atoms. The van der Waals surface area contributed by atoms with E-state index >= 15 is 0 Å². The van der Waals surface area contributed by atoms with Crippen molar-refractivity contribution in [1.82, 2.24) is 20.7 Å². The van der Waals surface area contributed by atoms with Crippen molar-refractivity contribution in [2.75, 3.05) is 19.0 Å². The summed E-state index contributed by atoms with van der Waals surface area (Å²) in [5, 5.41) is 2.60. The number of fused-ring (bicyclic) bond motifs is 1. The normalized spacial score (nSPS) is 23.7.